The van der Waals surface area contributed by atoms with Crippen LogP contribution in [0, 0.1) is 13.8 Å². The highest BCUT2D eigenvalue weighted by Crippen LogP contribution is 2.25. The van der Waals surface area contributed by atoms with Gasteiger partial charge in [0.1, 0.15) is 5.75 Å². The van der Waals surface area contributed by atoms with Gasteiger partial charge in [0.25, 0.3) is 5.92 Å². The fraction of sp³-hybridized carbons (Fsp3) is 0.500. The smallest absolute Gasteiger partial charge is 0.273 e. The SMILES string of the molecule is COc1cc(C)c(S(=O)(=O)NCC(F)(F)CN)cc1C. The predicted molar refractivity (Wildman–Crippen MR) is 71.7 cm³/mol. The maximum absolute atomic E-state index is 13.0. The molecule has 1 aromatic carbocycles. The molecule has 0 aliphatic rings. The van der Waals surface area contributed by atoms with Crippen molar-refractivity contribution < 1.29 is 21.9 Å². The molecule has 0 radical (unpaired) electrons. The lowest BCUT2D eigenvalue weighted by atomic mass is 10.1. The van der Waals surface area contributed by atoms with E-state index in [4.69, 9.17) is 10.5 Å². The van der Waals surface area contributed by atoms with Crippen molar-refractivity contribution in [1.82, 2.24) is 4.72 Å². The Bertz CT molecular complexity index is 589. The second-order valence-corrected chi connectivity index (χ2v) is 6.21. The van der Waals surface area contributed by atoms with Crippen LogP contribution < -0.4 is 15.2 Å². The van der Waals surface area contributed by atoms with Crippen molar-refractivity contribution in [2.24, 2.45) is 5.73 Å². The molecule has 0 aliphatic carbocycles. The number of halogens is 2. The van der Waals surface area contributed by atoms with E-state index in [1.165, 1.54) is 13.2 Å². The van der Waals surface area contributed by atoms with Gasteiger partial charge in [0.15, 0.2) is 0 Å². The first-order valence-electron chi connectivity index (χ1n) is 5.86. The van der Waals surface area contributed by atoms with Crippen LogP contribution in [0.1, 0.15) is 11.1 Å². The number of hydrogen-bond donors (Lipinski definition) is 2. The van der Waals surface area contributed by atoms with E-state index in [0.717, 1.165) is 0 Å². The molecule has 0 spiro atoms. The summed E-state index contributed by atoms with van der Waals surface area (Å²) in [4.78, 5) is -0.0522. The summed E-state index contributed by atoms with van der Waals surface area (Å²) >= 11 is 0. The summed E-state index contributed by atoms with van der Waals surface area (Å²) in [5, 5.41) is 0. The van der Waals surface area contributed by atoms with Gasteiger partial charge in [0.2, 0.25) is 10.0 Å². The maximum Gasteiger partial charge on any atom is 0.273 e. The third-order valence-electron chi connectivity index (χ3n) is 2.80. The molecule has 114 valence electrons. The molecule has 3 N–H and O–H groups in total. The summed E-state index contributed by atoms with van der Waals surface area (Å²) in [6.07, 6.45) is 0. The maximum atomic E-state index is 13.0. The van der Waals surface area contributed by atoms with E-state index in [0.29, 0.717) is 16.9 Å². The lowest BCUT2D eigenvalue weighted by Gasteiger charge is -2.16. The largest absolute Gasteiger partial charge is 0.496 e. The Morgan fingerprint density at radius 2 is 1.90 bits per heavy atom. The molecule has 0 unspecified atom stereocenters. The van der Waals surface area contributed by atoms with Gasteiger partial charge in [-0.15, -0.1) is 0 Å². The van der Waals surface area contributed by atoms with Gasteiger partial charge in [0.05, 0.1) is 25.1 Å². The first-order chi connectivity index (χ1) is 9.13. The van der Waals surface area contributed by atoms with Crippen LogP contribution in [0.4, 0.5) is 8.78 Å². The summed E-state index contributed by atoms with van der Waals surface area (Å²) in [6.45, 7) is 1.29. The molecular formula is C12H18F2N2O3S. The number of nitrogens with two attached hydrogens (primary N) is 1. The van der Waals surface area contributed by atoms with Crippen LogP contribution in [0.5, 0.6) is 5.75 Å². The summed E-state index contributed by atoms with van der Waals surface area (Å²) in [5.41, 5.74) is 5.88. The Hall–Kier alpha value is -1.25. The zero-order valence-corrected chi connectivity index (χ0v) is 12.4. The minimum Gasteiger partial charge on any atom is -0.496 e. The van der Waals surface area contributed by atoms with Gasteiger partial charge in [0, 0.05) is 0 Å². The highest BCUT2D eigenvalue weighted by Gasteiger charge is 2.30. The zero-order chi connectivity index (χ0) is 15.6. The average Bonchev–Trinajstić information content (AvgIpc) is 2.39. The summed E-state index contributed by atoms with van der Waals surface area (Å²) in [7, 11) is -2.55. The van der Waals surface area contributed by atoms with Gasteiger partial charge in [-0.2, -0.15) is 0 Å². The molecule has 0 amide bonds. The van der Waals surface area contributed by atoms with Crippen LogP contribution in [0.15, 0.2) is 17.0 Å². The first-order valence-corrected chi connectivity index (χ1v) is 7.34. The van der Waals surface area contributed by atoms with Crippen LogP contribution >= 0.6 is 0 Å². The fourth-order valence-corrected chi connectivity index (χ4v) is 2.99. The molecule has 0 atom stereocenters. The third-order valence-corrected chi connectivity index (χ3v) is 4.34. The van der Waals surface area contributed by atoms with Gasteiger partial charge >= 0.3 is 0 Å². The predicted octanol–water partition coefficient (Wildman–Crippen LogP) is 1.18. The number of alkyl halides is 2. The van der Waals surface area contributed by atoms with E-state index >= 15 is 0 Å². The van der Waals surface area contributed by atoms with Gasteiger partial charge < -0.3 is 10.5 Å². The number of nitrogens with one attached hydrogen (secondary N) is 1. The van der Waals surface area contributed by atoms with Crippen molar-refractivity contribution in [3.8, 4) is 5.75 Å². The van der Waals surface area contributed by atoms with E-state index in [1.807, 2.05) is 4.72 Å². The average molecular weight is 308 g/mol. The lowest BCUT2D eigenvalue weighted by molar-refractivity contribution is 0.0170. The number of aryl methyl sites for hydroxylation is 2. The number of methoxy groups -OCH3 is 1. The molecule has 0 saturated carbocycles. The monoisotopic (exact) mass is 308 g/mol. The molecule has 0 aliphatic heterocycles. The number of ether oxygens (including phenoxy) is 1. The van der Waals surface area contributed by atoms with E-state index in [2.05, 4.69) is 0 Å². The third kappa shape index (κ3) is 3.87. The summed E-state index contributed by atoms with van der Waals surface area (Å²) in [5.74, 6) is -2.74. The van der Waals surface area contributed by atoms with Crippen LogP contribution in [0.3, 0.4) is 0 Å². The zero-order valence-electron chi connectivity index (χ0n) is 11.5. The Labute approximate surface area is 117 Å². The Kier molecular flexibility index (Phi) is 5.06. The van der Waals surface area contributed by atoms with Crippen LogP contribution in [0.2, 0.25) is 0 Å². The number of rotatable bonds is 6. The molecule has 1 aromatic rings. The van der Waals surface area contributed by atoms with Crippen molar-refractivity contribution in [1.29, 1.82) is 0 Å². The summed E-state index contributed by atoms with van der Waals surface area (Å²) in [6, 6.07) is 2.93. The van der Waals surface area contributed by atoms with Crippen molar-refractivity contribution in [2.75, 3.05) is 20.2 Å². The highest BCUT2D eigenvalue weighted by atomic mass is 32.2. The van der Waals surface area contributed by atoms with E-state index in [-0.39, 0.29) is 4.90 Å². The van der Waals surface area contributed by atoms with E-state index in [1.54, 1.807) is 19.9 Å². The molecule has 20 heavy (non-hydrogen) atoms. The second-order valence-electron chi connectivity index (χ2n) is 4.47. The highest BCUT2D eigenvalue weighted by molar-refractivity contribution is 7.89. The molecule has 0 aromatic heterocycles. The van der Waals surface area contributed by atoms with Gasteiger partial charge in [-0.3, -0.25) is 0 Å². The van der Waals surface area contributed by atoms with Gasteiger partial charge in [-0.1, -0.05) is 0 Å². The first kappa shape index (κ1) is 16.8. The molecule has 5 nitrogen and oxygen atoms in total. The molecular weight excluding hydrogens is 290 g/mol. The standard InChI is InChI=1S/C12H18F2N2O3S/c1-8-5-11(9(2)4-10(8)19-3)20(17,18)16-7-12(13,14)6-15/h4-5,16H,6-7,15H2,1-3H3. The quantitative estimate of drug-likeness (QED) is 0.827. The number of sulfonamides is 1. The van der Waals surface area contributed by atoms with Crippen LogP contribution in [0.25, 0.3) is 0 Å². The Balaban J connectivity index is 3.08. The van der Waals surface area contributed by atoms with Gasteiger partial charge in [-0.05, 0) is 37.1 Å². The molecule has 0 bridgehead atoms. The van der Waals surface area contributed by atoms with Crippen molar-refractivity contribution in [2.45, 2.75) is 24.7 Å². The topological polar surface area (TPSA) is 81.4 Å². The number of hydrogen-bond acceptors (Lipinski definition) is 4. The normalized spacial score (nSPS) is 12.5. The minimum atomic E-state index is -4.02. The summed E-state index contributed by atoms with van der Waals surface area (Å²) < 4.78 is 57.1. The van der Waals surface area contributed by atoms with E-state index in [9.17, 15) is 17.2 Å². The molecule has 0 fully saturated rings. The van der Waals surface area contributed by atoms with Crippen molar-refractivity contribution >= 4 is 10.0 Å². The molecule has 0 heterocycles. The van der Waals surface area contributed by atoms with Gasteiger partial charge in [-0.25, -0.2) is 21.9 Å². The molecule has 8 heteroatoms. The minimum absolute atomic E-state index is 0.0522. The van der Waals surface area contributed by atoms with Crippen LogP contribution in [-0.2, 0) is 10.0 Å². The molecule has 1 rings (SSSR count). The Morgan fingerprint density at radius 3 is 2.40 bits per heavy atom. The van der Waals surface area contributed by atoms with Crippen molar-refractivity contribution in [3.05, 3.63) is 23.3 Å². The second kappa shape index (κ2) is 6.02. The molecule has 0 saturated heterocycles. The van der Waals surface area contributed by atoms with Crippen molar-refractivity contribution in [3.63, 3.8) is 0 Å². The van der Waals surface area contributed by atoms with E-state index < -0.39 is 29.0 Å². The Morgan fingerprint density at radius 1 is 1.30 bits per heavy atom. The number of benzene rings is 1. The lowest BCUT2D eigenvalue weighted by Crippen LogP contribution is -2.41. The van der Waals surface area contributed by atoms with Crippen LogP contribution in [-0.4, -0.2) is 34.5 Å². The fourth-order valence-electron chi connectivity index (χ4n) is 1.62.